The van der Waals surface area contributed by atoms with Gasteiger partial charge in [0.25, 0.3) is 0 Å². The molecular formula is C14H18N6O. The highest BCUT2D eigenvalue weighted by Gasteiger charge is 2.21. The number of amides is 1. The van der Waals surface area contributed by atoms with Crippen molar-refractivity contribution in [3.63, 3.8) is 0 Å². The van der Waals surface area contributed by atoms with Crippen LogP contribution in [0.5, 0.6) is 0 Å². The Balaban J connectivity index is 1.66. The molecule has 0 aliphatic carbocycles. The van der Waals surface area contributed by atoms with E-state index in [-0.39, 0.29) is 12.5 Å². The van der Waals surface area contributed by atoms with Crippen LogP contribution in [0.1, 0.15) is 19.8 Å². The van der Waals surface area contributed by atoms with Crippen LogP contribution in [0.2, 0.25) is 0 Å². The monoisotopic (exact) mass is 286 g/mol. The van der Waals surface area contributed by atoms with Gasteiger partial charge in [-0.1, -0.05) is 6.92 Å². The quantitative estimate of drug-likeness (QED) is 0.841. The van der Waals surface area contributed by atoms with Crippen LogP contribution in [0, 0.1) is 5.92 Å². The molecule has 1 amide bonds. The number of piperidine rings is 1. The standard InChI is InChI=1S/C14H18N6O/c1-11-4-3-7-19(9-11)13(21)10-20-17-14(16-18-20)12-5-2-6-15-8-12/h2,5-6,8,11H,3-4,7,9-10H2,1H3/t11-/m1/s1. The van der Waals surface area contributed by atoms with Gasteiger partial charge in [0.05, 0.1) is 0 Å². The summed E-state index contributed by atoms with van der Waals surface area (Å²) in [6.45, 7) is 3.96. The smallest absolute Gasteiger partial charge is 0.246 e. The molecule has 0 unspecified atom stereocenters. The van der Waals surface area contributed by atoms with Crippen molar-refractivity contribution in [3.05, 3.63) is 24.5 Å². The number of carbonyl (C=O) groups is 1. The van der Waals surface area contributed by atoms with Crippen LogP contribution in [-0.4, -0.2) is 49.1 Å². The molecule has 1 aliphatic heterocycles. The Bertz CT molecular complexity index is 611. The molecule has 2 aromatic heterocycles. The Kier molecular flexibility index (Phi) is 3.89. The van der Waals surface area contributed by atoms with Crippen molar-refractivity contribution in [1.82, 2.24) is 30.1 Å². The van der Waals surface area contributed by atoms with Crippen molar-refractivity contribution in [2.75, 3.05) is 13.1 Å². The van der Waals surface area contributed by atoms with E-state index in [9.17, 15) is 4.79 Å². The van der Waals surface area contributed by atoms with Crippen molar-refractivity contribution in [2.24, 2.45) is 5.92 Å². The first kappa shape index (κ1) is 13.7. The molecule has 3 rings (SSSR count). The van der Waals surface area contributed by atoms with E-state index in [2.05, 4.69) is 27.3 Å². The first-order valence-corrected chi connectivity index (χ1v) is 7.18. The maximum absolute atomic E-state index is 12.2. The predicted octanol–water partition coefficient (Wildman–Crippen LogP) is 0.994. The van der Waals surface area contributed by atoms with Crippen LogP contribution in [0.3, 0.4) is 0 Å². The van der Waals surface area contributed by atoms with Crippen LogP contribution in [0.25, 0.3) is 11.4 Å². The average molecular weight is 286 g/mol. The normalized spacial score (nSPS) is 18.7. The molecule has 0 radical (unpaired) electrons. The molecule has 0 spiro atoms. The topological polar surface area (TPSA) is 76.8 Å². The Labute approximate surface area is 123 Å². The Hall–Kier alpha value is -2.31. The third-order valence-corrected chi connectivity index (χ3v) is 3.66. The molecule has 21 heavy (non-hydrogen) atoms. The largest absolute Gasteiger partial charge is 0.341 e. The van der Waals surface area contributed by atoms with E-state index in [1.165, 1.54) is 11.2 Å². The van der Waals surface area contributed by atoms with E-state index in [0.717, 1.165) is 25.1 Å². The van der Waals surface area contributed by atoms with Crippen molar-refractivity contribution in [3.8, 4) is 11.4 Å². The zero-order chi connectivity index (χ0) is 14.7. The highest BCUT2D eigenvalue weighted by Crippen LogP contribution is 2.16. The Morgan fingerprint density at radius 3 is 3.14 bits per heavy atom. The van der Waals surface area contributed by atoms with Gasteiger partial charge in [-0.05, 0) is 36.1 Å². The van der Waals surface area contributed by atoms with E-state index in [1.54, 1.807) is 12.4 Å². The van der Waals surface area contributed by atoms with Gasteiger partial charge in [-0.3, -0.25) is 9.78 Å². The molecule has 110 valence electrons. The average Bonchev–Trinajstić information content (AvgIpc) is 2.97. The summed E-state index contributed by atoms with van der Waals surface area (Å²) in [7, 11) is 0. The van der Waals surface area contributed by atoms with Crippen LogP contribution in [0.4, 0.5) is 0 Å². The summed E-state index contributed by atoms with van der Waals surface area (Å²) >= 11 is 0. The van der Waals surface area contributed by atoms with Gasteiger partial charge in [0.1, 0.15) is 6.54 Å². The van der Waals surface area contributed by atoms with E-state index in [0.29, 0.717) is 11.7 Å². The molecule has 0 bridgehead atoms. The molecule has 0 N–H and O–H groups in total. The second-order valence-electron chi connectivity index (χ2n) is 5.47. The van der Waals surface area contributed by atoms with Crippen molar-refractivity contribution in [2.45, 2.75) is 26.3 Å². The molecule has 1 atom stereocenters. The number of aromatic nitrogens is 5. The Morgan fingerprint density at radius 1 is 1.48 bits per heavy atom. The number of likely N-dealkylation sites (tertiary alicyclic amines) is 1. The van der Waals surface area contributed by atoms with Crippen LogP contribution >= 0.6 is 0 Å². The number of hydrogen-bond acceptors (Lipinski definition) is 5. The van der Waals surface area contributed by atoms with E-state index < -0.39 is 0 Å². The fourth-order valence-corrected chi connectivity index (χ4v) is 2.56. The highest BCUT2D eigenvalue weighted by atomic mass is 16.2. The number of tetrazole rings is 1. The maximum Gasteiger partial charge on any atom is 0.246 e. The highest BCUT2D eigenvalue weighted by molar-refractivity contribution is 5.75. The van der Waals surface area contributed by atoms with Gasteiger partial charge in [-0.15, -0.1) is 10.2 Å². The van der Waals surface area contributed by atoms with Crippen LogP contribution < -0.4 is 0 Å². The number of pyridine rings is 1. The van der Waals surface area contributed by atoms with Gasteiger partial charge in [-0.25, -0.2) is 0 Å². The lowest BCUT2D eigenvalue weighted by molar-refractivity contribution is -0.134. The number of carbonyl (C=O) groups excluding carboxylic acids is 1. The second kappa shape index (κ2) is 5.99. The summed E-state index contributed by atoms with van der Waals surface area (Å²) in [4.78, 5) is 19.5. The molecule has 0 aromatic carbocycles. The van der Waals surface area contributed by atoms with Crippen molar-refractivity contribution in [1.29, 1.82) is 0 Å². The fourth-order valence-electron chi connectivity index (χ4n) is 2.56. The van der Waals surface area contributed by atoms with Crippen LogP contribution in [-0.2, 0) is 11.3 Å². The zero-order valence-electron chi connectivity index (χ0n) is 12.0. The minimum absolute atomic E-state index is 0.0525. The van der Waals surface area contributed by atoms with Gasteiger partial charge < -0.3 is 4.90 Å². The van der Waals surface area contributed by atoms with Gasteiger partial charge in [0.15, 0.2) is 0 Å². The summed E-state index contributed by atoms with van der Waals surface area (Å²) in [5.41, 5.74) is 0.794. The number of rotatable bonds is 3. The lowest BCUT2D eigenvalue weighted by Crippen LogP contribution is -2.41. The first-order chi connectivity index (χ1) is 10.2. The third-order valence-electron chi connectivity index (χ3n) is 3.66. The molecule has 1 fully saturated rings. The molecule has 7 nitrogen and oxygen atoms in total. The molecule has 2 aromatic rings. The lowest BCUT2D eigenvalue weighted by atomic mass is 10.0. The molecular weight excluding hydrogens is 268 g/mol. The van der Waals surface area contributed by atoms with E-state index in [1.807, 2.05) is 17.0 Å². The van der Waals surface area contributed by atoms with Gasteiger partial charge >= 0.3 is 0 Å². The number of nitrogens with zero attached hydrogens (tertiary/aromatic N) is 6. The van der Waals surface area contributed by atoms with E-state index >= 15 is 0 Å². The lowest BCUT2D eigenvalue weighted by Gasteiger charge is -2.30. The van der Waals surface area contributed by atoms with Gasteiger partial charge in [0.2, 0.25) is 11.7 Å². The Morgan fingerprint density at radius 2 is 2.38 bits per heavy atom. The summed E-state index contributed by atoms with van der Waals surface area (Å²) < 4.78 is 0. The summed E-state index contributed by atoms with van der Waals surface area (Å²) in [6, 6.07) is 3.68. The number of hydrogen-bond donors (Lipinski definition) is 0. The zero-order valence-corrected chi connectivity index (χ0v) is 12.0. The molecule has 1 aliphatic rings. The summed E-state index contributed by atoms with van der Waals surface area (Å²) in [6.07, 6.45) is 5.62. The van der Waals surface area contributed by atoms with Crippen LogP contribution in [0.15, 0.2) is 24.5 Å². The second-order valence-corrected chi connectivity index (χ2v) is 5.47. The SMILES string of the molecule is C[C@@H]1CCCN(C(=O)Cn2nnc(-c3cccnc3)n2)C1. The van der Waals surface area contributed by atoms with Gasteiger partial charge in [-0.2, -0.15) is 4.80 Å². The van der Waals surface area contributed by atoms with Crippen molar-refractivity contribution < 1.29 is 4.79 Å². The fraction of sp³-hybridized carbons (Fsp3) is 0.500. The predicted molar refractivity (Wildman–Crippen MR) is 76.0 cm³/mol. The maximum atomic E-state index is 12.2. The molecule has 3 heterocycles. The molecule has 1 saturated heterocycles. The van der Waals surface area contributed by atoms with Crippen molar-refractivity contribution >= 4 is 5.91 Å². The summed E-state index contributed by atoms with van der Waals surface area (Å²) in [5.74, 6) is 1.11. The molecule has 0 saturated carbocycles. The minimum atomic E-state index is 0.0525. The first-order valence-electron chi connectivity index (χ1n) is 7.18. The molecule has 7 heteroatoms. The third kappa shape index (κ3) is 3.24. The van der Waals surface area contributed by atoms with Gasteiger partial charge in [0, 0.05) is 31.0 Å². The van der Waals surface area contributed by atoms with E-state index in [4.69, 9.17) is 0 Å². The summed E-state index contributed by atoms with van der Waals surface area (Å²) in [5, 5.41) is 12.2. The minimum Gasteiger partial charge on any atom is -0.341 e.